The first-order chi connectivity index (χ1) is 11.4. The molecule has 0 fully saturated rings. The van der Waals surface area contributed by atoms with E-state index in [9.17, 15) is 14.7 Å². The van der Waals surface area contributed by atoms with Crippen molar-refractivity contribution in [1.82, 2.24) is 0 Å². The molecule has 0 aliphatic carbocycles. The number of hydrogen-bond acceptors (Lipinski definition) is 4. The van der Waals surface area contributed by atoms with Crippen molar-refractivity contribution in [3.8, 4) is 0 Å². The summed E-state index contributed by atoms with van der Waals surface area (Å²) in [6.07, 6.45) is 0.506. The van der Waals surface area contributed by atoms with Crippen LogP contribution in [0, 0.1) is 0 Å². The second-order valence-electron chi connectivity index (χ2n) is 5.68. The highest BCUT2D eigenvalue weighted by Crippen LogP contribution is 2.44. The zero-order valence-corrected chi connectivity index (χ0v) is 16.9. The van der Waals surface area contributed by atoms with E-state index in [2.05, 4.69) is 31.9 Å². The second kappa shape index (κ2) is 6.71. The van der Waals surface area contributed by atoms with Gasteiger partial charge in [-0.25, -0.2) is 0 Å². The number of anilines is 1. The van der Waals surface area contributed by atoms with Gasteiger partial charge in [0.1, 0.15) is 0 Å². The molecule has 1 aliphatic heterocycles. The van der Waals surface area contributed by atoms with Gasteiger partial charge in [-0.1, -0.05) is 22.9 Å². The largest absolute Gasteiger partial charge is 0.375 e. The lowest BCUT2D eigenvalue weighted by Crippen LogP contribution is -2.42. The fourth-order valence-electron chi connectivity index (χ4n) is 2.92. The smallest absolute Gasteiger partial charge is 0.264 e. The molecule has 1 aliphatic rings. The van der Waals surface area contributed by atoms with Gasteiger partial charge in [0, 0.05) is 16.6 Å². The molecule has 1 atom stereocenters. The van der Waals surface area contributed by atoms with Gasteiger partial charge in [0.2, 0.25) is 0 Å². The molecule has 7 heteroatoms. The van der Waals surface area contributed by atoms with E-state index in [1.165, 1.54) is 11.3 Å². The van der Waals surface area contributed by atoms with Crippen molar-refractivity contribution in [3.05, 3.63) is 49.0 Å². The molecule has 0 radical (unpaired) electrons. The van der Waals surface area contributed by atoms with Gasteiger partial charge in [0.25, 0.3) is 5.91 Å². The summed E-state index contributed by atoms with van der Waals surface area (Å²) in [5, 5.41) is 11.1. The Kier molecular flexibility index (Phi) is 4.97. The number of benzene rings is 1. The molecule has 1 N–H and O–H groups in total. The summed E-state index contributed by atoms with van der Waals surface area (Å²) < 4.78 is 1.60. The highest BCUT2D eigenvalue weighted by atomic mass is 79.9. The highest BCUT2D eigenvalue weighted by Gasteiger charge is 2.50. The average molecular weight is 473 g/mol. The number of thiophene rings is 1. The van der Waals surface area contributed by atoms with Gasteiger partial charge < -0.3 is 10.0 Å². The van der Waals surface area contributed by atoms with Crippen LogP contribution in [0.3, 0.4) is 0 Å². The molecule has 1 aromatic heterocycles. The normalized spacial score (nSPS) is 19.7. The van der Waals surface area contributed by atoms with E-state index in [1.807, 2.05) is 13.0 Å². The number of carbonyl (C=O) groups excluding carboxylic acids is 2. The van der Waals surface area contributed by atoms with Crippen molar-refractivity contribution in [1.29, 1.82) is 0 Å². The minimum absolute atomic E-state index is 0.245. The van der Waals surface area contributed by atoms with Crippen LogP contribution in [-0.4, -0.2) is 23.3 Å². The molecule has 2 aromatic rings. The Morgan fingerprint density at radius 3 is 2.67 bits per heavy atom. The summed E-state index contributed by atoms with van der Waals surface area (Å²) in [5.41, 5.74) is -0.658. The van der Waals surface area contributed by atoms with Gasteiger partial charge >= 0.3 is 0 Å². The fourth-order valence-corrected chi connectivity index (χ4v) is 4.61. The van der Waals surface area contributed by atoms with Crippen LogP contribution in [0.4, 0.5) is 5.69 Å². The number of Topliss-reactive ketones (excluding diaryl/α,β-unsaturated/α-hetero) is 1. The van der Waals surface area contributed by atoms with Crippen molar-refractivity contribution in [2.24, 2.45) is 0 Å². The minimum atomic E-state index is -1.82. The second-order valence-corrected chi connectivity index (χ2v) is 9.06. The van der Waals surface area contributed by atoms with E-state index < -0.39 is 11.5 Å². The number of halogens is 2. The van der Waals surface area contributed by atoms with Crippen LogP contribution < -0.4 is 4.90 Å². The molecule has 4 nitrogen and oxygen atoms in total. The predicted molar refractivity (Wildman–Crippen MR) is 102 cm³/mol. The van der Waals surface area contributed by atoms with Crippen molar-refractivity contribution >= 4 is 60.6 Å². The zero-order chi connectivity index (χ0) is 17.5. The lowest BCUT2D eigenvalue weighted by Gasteiger charge is -2.22. The molecule has 126 valence electrons. The molecule has 0 saturated heterocycles. The first-order valence-corrected chi connectivity index (χ1v) is 9.90. The van der Waals surface area contributed by atoms with E-state index in [-0.39, 0.29) is 12.2 Å². The molecule has 1 aromatic carbocycles. The highest BCUT2D eigenvalue weighted by molar-refractivity contribution is 9.11. The first-order valence-electron chi connectivity index (χ1n) is 7.49. The van der Waals surface area contributed by atoms with Gasteiger partial charge in [-0.15, -0.1) is 11.3 Å². The molecule has 2 heterocycles. The summed E-state index contributed by atoms with van der Waals surface area (Å²) in [4.78, 5) is 27.5. The third-order valence-corrected chi connectivity index (χ3v) is 6.16. The van der Waals surface area contributed by atoms with Crippen molar-refractivity contribution < 1.29 is 14.7 Å². The number of rotatable bonds is 5. The Hall–Kier alpha value is -1.02. The number of amides is 1. The Labute approximate surface area is 160 Å². The maximum absolute atomic E-state index is 12.9. The fraction of sp³-hybridized carbons (Fsp3) is 0.294. The van der Waals surface area contributed by atoms with Gasteiger partial charge in [-0.2, -0.15) is 0 Å². The van der Waals surface area contributed by atoms with Crippen molar-refractivity contribution in [2.45, 2.75) is 25.4 Å². The summed E-state index contributed by atoms with van der Waals surface area (Å²) >= 11 is 8.00. The van der Waals surface area contributed by atoms with Crippen LogP contribution in [-0.2, 0) is 10.4 Å². The molecule has 0 spiro atoms. The van der Waals surface area contributed by atoms with E-state index in [0.717, 1.165) is 14.7 Å². The molecule has 1 amide bonds. The Bertz CT molecular complexity index is 820. The van der Waals surface area contributed by atoms with Crippen molar-refractivity contribution in [3.63, 3.8) is 0 Å². The van der Waals surface area contributed by atoms with Crippen LogP contribution >= 0.6 is 43.2 Å². The van der Waals surface area contributed by atoms with Gasteiger partial charge in [-0.05, 0) is 52.7 Å². The number of carbonyl (C=O) groups is 2. The number of fused-ring (bicyclic) bond motifs is 1. The van der Waals surface area contributed by atoms with Gasteiger partial charge in [-0.3, -0.25) is 9.59 Å². The van der Waals surface area contributed by atoms with Crippen LogP contribution in [0.25, 0.3) is 0 Å². The van der Waals surface area contributed by atoms with Crippen LogP contribution in [0.15, 0.2) is 38.6 Å². The maximum Gasteiger partial charge on any atom is 0.264 e. The lowest BCUT2D eigenvalue weighted by atomic mass is 9.89. The standard InChI is InChI=1S/C17H15Br2NO3S/c1-2-7-20-12-4-3-10(18)8-11(12)17(23,16(20)22)9-13(21)14-5-6-15(19)24-14/h3-6,8,23H,2,7,9H2,1H3. The lowest BCUT2D eigenvalue weighted by molar-refractivity contribution is -0.135. The molecule has 0 bridgehead atoms. The van der Waals surface area contributed by atoms with Crippen LogP contribution in [0.5, 0.6) is 0 Å². The maximum atomic E-state index is 12.9. The summed E-state index contributed by atoms with van der Waals surface area (Å²) in [7, 11) is 0. The molecular formula is C17H15Br2NO3S. The Morgan fingerprint density at radius 2 is 2.04 bits per heavy atom. The Balaban J connectivity index is 2.01. The number of aliphatic hydroxyl groups is 1. The third-order valence-electron chi connectivity index (χ3n) is 4.01. The Morgan fingerprint density at radius 1 is 1.29 bits per heavy atom. The number of ketones is 1. The SMILES string of the molecule is CCCN1C(=O)C(O)(CC(=O)c2ccc(Br)s2)c2cc(Br)ccc21. The molecule has 0 saturated carbocycles. The third kappa shape index (κ3) is 2.98. The quantitative estimate of drug-likeness (QED) is 0.652. The molecule has 1 unspecified atom stereocenters. The van der Waals surface area contributed by atoms with Crippen molar-refractivity contribution in [2.75, 3.05) is 11.4 Å². The predicted octanol–water partition coefficient (Wildman–Crippen LogP) is 4.49. The van der Waals surface area contributed by atoms with E-state index >= 15 is 0 Å². The van der Waals surface area contributed by atoms with E-state index in [0.29, 0.717) is 22.7 Å². The van der Waals surface area contributed by atoms with Gasteiger partial charge in [0.05, 0.1) is 20.8 Å². The number of nitrogens with zero attached hydrogens (tertiary/aromatic N) is 1. The van der Waals surface area contributed by atoms with E-state index in [1.54, 1.807) is 29.2 Å². The monoisotopic (exact) mass is 471 g/mol. The zero-order valence-electron chi connectivity index (χ0n) is 12.9. The molecular weight excluding hydrogens is 458 g/mol. The topological polar surface area (TPSA) is 57.6 Å². The summed E-state index contributed by atoms with van der Waals surface area (Å²) in [6, 6.07) is 8.84. The summed E-state index contributed by atoms with van der Waals surface area (Å²) in [6.45, 7) is 2.48. The first kappa shape index (κ1) is 17.8. The van der Waals surface area contributed by atoms with Crippen LogP contribution in [0.2, 0.25) is 0 Å². The van der Waals surface area contributed by atoms with Gasteiger partial charge in [0.15, 0.2) is 11.4 Å². The number of hydrogen-bond donors (Lipinski definition) is 1. The minimum Gasteiger partial charge on any atom is -0.375 e. The molecule has 3 rings (SSSR count). The van der Waals surface area contributed by atoms with E-state index in [4.69, 9.17) is 0 Å². The van der Waals surface area contributed by atoms with Crippen LogP contribution in [0.1, 0.15) is 35.0 Å². The molecule has 24 heavy (non-hydrogen) atoms. The summed E-state index contributed by atoms with van der Waals surface area (Å²) in [5.74, 6) is -0.674. The average Bonchev–Trinajstić information content (AvgIpc) is 3.05.